The lowest BCUT2D eigenvalue weighted by atomic mass is 10.2. The van der Waals surface area contributed by atoms with E-state index in [0.717, 1.165) is 84.3 Å². The topological polar surface area (TPSA) is 58.1 Å². The Morgan fingerprint density at radius 1 is 1.21 bits per heavy atom. The predicted molar refractivity (Wildman–Crippen MR) is 101 cm³/mol. The van der Waals surface area contributed by atoms with E-state index >= 15 is 0 Å². The van der Waals surface area contributed by atoms with Crippen molar-refractivity contribution in [2.75, 3.05) is 59.1 Å². The summed E-state index contributed by atoms with van der Waals surface area (Å²) in [5, 5.41) is 6.71. The first-order chi connectivity index (χ1) is 11.8. The molecule has 0 saturated carbocycles. The van der Waals surface area contributed by atoms with Gasteiger partial charge in [0.25, 0.3) is 0 Å². The van der Waals surface area contributed by atoms with E-state index in [4.69, 9.17) is 9.47 Å². The number of nitrogens with zero attached hydrogens (tertiary/aromatic N) is 2. The Bertz CT molecular complexity index is 316. The van der Waals surface area contributed by atoms with E-state index in [-0.39, 0.29) is 0 Å². The molecule has 142 valence electrons. The molecule has 0 spiro atoms. The van der Waals surface area contributed by atoms with Crippen LogP contribution in [0.1, 0.15) is 46.5 Å². The Balaban J connectivity index is 2.07. The summed E-state index contributed by atoms with van der Waals surface area (Å²) in [6.07, 6.45) is 4.71. The minimum absolute atomic E-state index is 0.318. The number of nitrogens with one attached hydrogen (secondary N) is 2. The molecule has 1 fully saturated rings. The highest BCUT2D eigenvalue weighted by Gasteiger charge is 2.14. The van der Waals surface area contributed by atoms with Crippen molar-refractivity contribution in [1.82, 2.24) is 15.5 Å². The average molecular weight is 343 g/mol. The first kappa shape index (κ1) is 21.2. The van der Waals surface area contributed by atoms with E-state index in [2.05, 4.69) is 41.3 Å². The zero-order valence-electron chi connectivity index (χ0n) is 16.0. The summed E-state index contributed by atoms with van der Waals surface area (Å²) in [6.45, 7) is 14.9. The summed E-state index contributed by atoms with van der Waals surface area (Å²) in [5.41, 5.74) is 0. The van der Waals surface area contributed by atoms with Crippen LogP contribution < -0.4 is 10.6 Å². The van der Waals surface area contributed by atoms with Gasteiger partial charge in [-0.15, -0.1) is 0 Å². The van der Waals surface area contributed by atoms with E-state index in [1.807, 2.05) is 0 Å². The number of ether oxygens (including phenoxy) is 2. The summed E-state index contributed by atoms with van der Waals surface area (Å²) < 4.78 is 11.2. The van der Waals surface area contributed by atoms with Crippen molar-refractivity contribution >= 4 is 5.96 Å². The van der Waals surface area contributed by atoms with E-state index in [9.17, 15) is 0 Å². The molecule has 0 aromatic rings. The smallest absolute Gasteiger partial charge is 0.191 e. The van der Waals surface area contributed by atoms with E-state index < -0.39 is 0 Å². The van der Waals surface area contributed by atoms with E-state index in [0.29, 0.717) is 6.10 Å². The Kier molecular flexibility index (Phi) is 12.8. The zero-order valence-corrected chi connectivity index (χ0v) is 16.0. The second-order valence-electron chi connectivity index (χ2n) is 6.13. The number of guanidine groups is 1. The fourth-order valence-corrected chi connectivity index (χ4v) is 2.74. The summed E-state index contributed by atoms with van der Waals surface area (Å²) in [5.74, 6) is 0.913. The number of hydrogen-bond donors (Lipinski definition) is 2. The maximum Gasteiger partial charge on any atom is 0.191 e. The lowest BCUT2D eigenvalue weighted by Crippen LogP contribution is -2.39. The fraction of sp³-hybridized carbons (Fsp3) is 0.944. The number of aliphatic imine (C=N–C) groups is 1. The van der Waals surface area contributed by atoms with Gasteiger partial charge in [-0.05, 0) is 52.2 Å². The minimum atomic E-state index is 0.318. The Hall–Kier alpha value is -0.850. The maximum absolute atomic E-state index is 5.67. The van der Waals surface area contributed by atoms with Crippen molar-refractivity contribution in [3.05, 3.63) is 0 Å². The molecular weight excluding hydrogens is 304 g/mol. The molecule has 1 atom stereocenters. The van der Waals surface area contributed by atoms with Crippen molar-refractivity contribution < 1.29 is 9.47 Å². The molecule has 0 bridgehead atoms. The van der Waals surface area contributed by atoms with Gasteiger partial charge in [0.05, 0.1) is 12.7 Å². The Labute approximate surface area is 148 Å². The van der Waals surface area contributed by atoms with E-state index in [1.165, 1.54) is 6.42 Å². The van der Waals surface area contributed by atoms with Crippen LogP contribution in [-0.4, -0.2) is 76.1 Å². The molecule has 1 unspecified atom stereocenters. The van der Waals surface area contributed by atoms with Crippen LogP contribution in [0.25, 0.3) is 0 Å². The first-order valence-electron chi connectivity index (χ1n) is 9.74. The van der Waals surface area contributed by atoms with Crippen molar-refractivity contribution in [2.45, 2.75) is 52.6 Å². The number of hydrogen-bond acceptors (Lipinski definition) is 4. The summed E-state index contributed by atoms with van der Waals surface area (Å²) in [6, 6.07) is 0. The molecule has 24 heavy (non-hydrogen) atoms. The molecule has 1 aliphatic heterocycles. The van der Waals surface area contributed by atoms with Gasteiger partial charge in [0.1, 0.15) is 0 Å². The van der Waals surface area contributed by atoms with Gasteiger partial charge in [-0.25, -0.2) is 0 Å². The molecule has 0 amide bonds. The highest BCUT2D eigenvalue weighted by Crippen LogP contribution is 2.11. The molecule has 0 aliphatic carbocycles. The minimum Gasteiger partial charge on any atom is -0.379 e. The van der Waals surface area contributed by atoms with Gasteiger partial charge in [-0.1, -0.05) is 13.8 Å². The lowest BCUT2D eigenvalue weighted by molar-refractivity contribution is 0.0171. The molecule has 6 heteroatoms. The third kappa shape index (κ3) is 10.1. The van der Waals surface area contributed by atoms with Gasteiger partial charge in [0, 0.05) is 32.8 Å². The van der Waals surface area contributed by atoms with Crippen LogP contribution in [0.15, 0.2) is 4.99 Å². The molecule has 1 rings (SSSR count). The van der Waals surface area contributed by atoms with Crippen LogP contribution in [0.3, 0.4) is 0 Å². The van der Waals surface area contributed by atoms with Gasteiger partial charge in [-0.3, -0.25) is 4.99 Å². The highest BCUT2D eigenvalue weighted by molar-refractivity contribution is 5.79. The zero-order chi connectivity index (χ0) is 17.5. The van der Waals surface area contributed by atoms with Crippen molar-refractivity contribution in [1.29, 1.82) is 0 Å². The van der Waals surface area contributed by atoms with E-state index in [1.54, 1.807) is 0 Å². The molecule has 0 aromatic carbocycles. The molecule has 2 N–H and O–H groups in total. The van der Waals surface area contributed by atoms with Gasteiger partial charge < -0.3 is 25.0 Å². The van der Waals surface area contributed by atoms with Gasteiger partial charge in [0.15, 0.2) is 5.96 Å². The second kappa shape index (κ2) is 14.5. The fourth-order valence-electron chi connectivity index (χ4n) is 2.74. The molecule has 0 aromatic heterocycles. The number of rotatable bonds is 13. The van der Waals surface area contributed by atoms with Crippen LogP contribution in [0, 0.1) is 0 Å². The lowest BCUT2D eigenvalue weighted by Gasteiger charge is -2.18. The molecule has 1 heterocycles. The van der Waals surface area contributed by atoms with Crippen LogP contribution in [-0.2, 0) is 9.47 Å². The van der Waals surface area contributed by atoms with Crippen LogP contribution in [0.4, 0.5) is 0 Å². The van der Waals surface area contributed by atoms with Gasteiger partial charge in [0.2, 0.25) is 0 Å². The van der Waals surface area contributed by atoms with Crippen molar-refractivity contribution in [3.63, 3.8) is 0 Å². The highest BCUT2D eigenvalue weighted by atomic mass is 16.5. The maximum atomic E-state index is 5.67. The van der Waals surface area contributed by atoms with Gasteiger partial charge in [-0.2, -0.15) is 0 Å². The predicted octanol–water partition coefficient (Wildman–Crippen LogP) is 1.86. The summed E-state index contributed by atoms with van der Waals surface area (Å²) >= 11 is 0. The second-order valence-corrected chi connectivity index (χ2v) is 6.13. The normalized spacial score (nSPS) is 18.3. The third-order valence-electron chi connectivity index (χ3n) is 4.23. The molecular formula is C18H38N4O2. The van der Waals surface area contributed by atoms with Crippen LogP contribution >= 0.6 is 0 Å². The largest absolute Gasteiger partial charge is 0.379 e. The third-order valence-corrected chi connectivity index (χ3v) is 4.23. The standard InChI is InChI=1S/C18H38N4O2/c1-4-19-18(20-11-8-13-22(5-2)6-3)21-12-9-14-23-16-17-10-7-15-24-17/h17H,4-16H2,1-3H3,(H2,19,20,21). The van der Waals surface area contributed by atoms with Crippen molar-refractivity contribution in [2.24, 2.45) is 4.99 Å². The summed E-state index contributed by atoms with van der Waals surface area (Å²) in [7, 11) is 0. The van der Waals surface area contributed by atoms with Crippen LogP contribution in [0.5, 0.6) is 0 Å². The van der Waals surface area contributed by atoms with Crippen molar-refractivity contribution in [3.8, 4) is 0 Å². The van der Waals surface area contributed by atoms with Crippen LogP contribution in [0.2, 0.25) is 0 Å². The molecule has 0 radical (unpaired) electrons. The molecule has 1 saturated heterocycles. The monoisotopic (exact) mass is 342 g/mol. The first-order valence-corrected chi connectivity index (χ1v) is 9.74. The molecule has 6 nitrogen and oxygen atoms in total. The average Bonchev–Trinajstić information content (AvgIpc) is 3.11. The Morgan fingerprint density at radius 2 is 2.04 bits per heavy atom. The Morgan fingerprint density at radius 3 is 2.71 bits per heavy atom. The molecule has 1 aliphatic rings. The SMILES string of the molecule is CCNC(=NCCCOCC1CCCO1)NCCCN(CC)CC. The summed E-state index contributed by atoms with van der Waals surface area (Å²) in [4.78, 5) is 7.05. The quantitative estimate of drug-likeness (QED) is 0.304. The van der Waals surface area contributed by atoms with Gasteiger partial charge >= 0.3 is 0 Å².